The van der Waals surface area contributed by atoms with Crippen molar-refractivity contribution in [1.82, 2.24) is 4.98 Å². The summed E-state index contributed by atoms with van der Waals surface area (Å²) in [6.45, 7) is 0. The van der Waals surface area contributed by atoms with Crippen molar-refractivity contribution in [3.05, 3.63) is 18.6 Å². The summed E-state index contributed by atoms with van der Waals surface area (Å²) in [5.41, 5.74) is 0. The molecule has 0 fully saturated rings. The van der Waals surface area contributed by atoms with Crippen LogP contribution in [-0.4, -0.2) is 4.98 Å². The van der Waals surface area contributed by atoms with Gasteiger partial charge in [-0.2, -0.15) is 4.39 Å². The molecule has 2 nitrogen and oxygen atoms in total. The minimum Gasteiger partial charge on any atom is -0.418 e. The van der Waals surface area contributed by atoms with Crippen LogP contribution in [0.5, 0.6) is 0 Å². The predicted molar refractivity (Wildman–Crippen MR) is 15.3 cm³/mol. The van der Waals surface area contributed by atoms with Gasteiger partial charge < -0.3 is 4.42 Å². The lowest BCUT2D eigenvalue weighted by Crippen LogP contribution is -1.53. The molecule has 1 aromatic heterocycles. The van der Waals surface area contributed by atoms with Crippen molar-refractivity contribution in [3.63, 3.8) is 0 Å². The van der Waals surface area contributed by atoms with Gasteiger partial charge in [-0.15, -0.1) is 0 Å². The summed E-state index contributed by atoms with van der Waals surface area (Å²) in [6, 6.07) is -0.769. The average molecular weight is 86.0 g/mol. The third kappa shape index (κ3) is 0.381. The lowest BCUT2D eigenvalue weighted by molar-refractivity contribution is 0.356. The van der Waals surface area contributed by atoms with E-state index < -0.39 is 6.01 Å². The molecular weight excluding hydrogens is 85.0 g/mol. The van der Waals surface area contributed by atoms with Crippen molar-refractivity contribution in [2.45, 2.75) is 0 Å². The van der Waals surface area contributed by atoms with Crippen LogP contribution < -0.4 is 0 Å². The van der Waals surface area contributed by atoms with Gasteiger partial charge >= 0.3 is 6.01 Å². The molecule has 1 rings (SSSR count). The molecule has 1 aromatic rings. The second-order valence-corrected chi connectivity index (χ2v) is 0.738. The number of hydrogen-bond donors (Lipinski definition) is 0. The molecule has 0 amide bonds. The fourth-order valence-electron chi connectivity index (χ4n) is 0.176. The molecule has 31 valence electrons. The summed E-state index contributed by atoms with van der Waals surface area (Å²) in [5, 5.41) is 0. The van der Waals surface area contributed by atoms with Crippen molar-refractivity contribution < 1.29 is 8.81 Å². The average Bonchev–Trinajstić information content (AvgIpc) is 1.86. The highest BCUT2D eigenvalue weighted by atomic mass is 19.1. The van der Waals surface area contributed by atoms with Crippen LogP contribution in [0.2, 0.25) is 0 Å². The largest absolute Gasteiger partial charge is 0.418 e. The maximum absolute atomic E-state index is 11.4. The number of rotatable bonds is 0. The molecule has 0 atom stereocenters. The molecule has 6 heavy (non-hydrogen) atoms. The molecule has 0 unspecified atom stereocenters. The van der Waals surface area contributed by atoms with E-state index in [0.29, 0.717) is 0 Å². The van der Waals surface area contributed by atoms with Gasteiger partial charge in [0.1, 0.15) is 0 Å². The van der Waals surface area contributed by atoms with Crippen LogP contribution in [0.15, 0.2) is 10.8 Å². The zero-order valence-electron chi connectivity index (χ0n) is 2.81. The van der Waals surface area contributed by atoms with Crippen molar-refractivity contribution in [2.24, 2.45) is 0 Å². The van der Waals surface area contributed by atoms with Gasteiger partial charge in [-0.05, 0) is 0 Å². The summed E-state index contributed by atoms with van der Waals surface area (Å²) in [5.74, 6) is 0. The minimum absolute atomic E-state index is 0.769. The lowest BCUT2D eigenvalue weighted by atomic mass is 11.0. The molecule has 0 N–H and O–H groups in total. The number of nitrogens with zero attached hydrogens (tertiary/aromatic N) is 1. The Hall–Kier alpha value is -0.860. The SMILES string of the molecule is Fc1[c]nco1. The van der Waals surface area contributed by atoms with E-state index in [2.05, 4.69) is 9.40 Å². The van der Waals surface area contributed by atoms with Gasteiger partial charge in [0.2, 0.25) is 0 Å². The van der Waals surface area contributed by atoms with Gasteiger partial charge in [-0.25, -0.2) is 4.98 Å². The Morgan fingerprint density at radius 3 is 3.00 bits per heavy atom. The highest BCUT2D eigenvalue weighted by molar-refractivity contribution is 4.59. The van der Waals surface area contributed by atoms with E-state index in [-0.39, 0.29) is 0 Å². The van der Waals surface area contributed by atoms with Gasteiger partial charge in [0.05, 0.1) is 0 Å². The van der Waals surface area contributed by atoms with E-state index in [4.69, 9.17) is 0 Å². The van der Waals surface area contributed by atoms with Crippen LogP contribution in [0, 0.1) is 12.2 Å². The van der Waals surface area contributed by atoms with Gasteiger partial charge in [0.15, 0.2) is 12.6 Å². The van der Waals surface area contributed by atoms with Gasteiger partial charge in [0.25, 0.3) is 0 Å². The van der Waals surface area contributed by atoms with Crippen LogP contribution in [0.25, 0.3) is 0 Å². The molecule has 1 heterocycles. The first-order valence-corrected chi connectivity index (χ1v) is 1.36. The van der Waals surface area contributed by atoms with E-state index in [1.807, 2.05) is 6.20 Å². The molecule has 0 aliphatic carbocycles. The summed E-state index contributed by atoms with van der Waals surface area (Å²) in [4.78, 5) is 3.16. The van der Waals surface area contributed by atoms with Crippen molar-refractivity contribution in [3.8, 4) is 0 Å². The summed E-state index contributed by atoms with van der Waals surface area (Å²) in [7, 11) is 0. The third-order valence-electron chi connectivity index (χ3n) is 0.361. The first kappa shape index (κ1) is 3.33. The van der Waals surface area contributed by atoms with E-state index in [0.717, 1.165) is 6.39 Å². The first-order valence-electron chi connectivity index (χ1n) is 1.36. The number of halogens is 1. The Morgan fingerprint density at radius 2 is 2.83 bits per heavy atom. The van der Waals surface area contributed by atoms with Crippen LogP contribution in [0.4, 0.5) is 4.39 Å². The molecule has 0 spiro atoms. The van der Waals surface area contributed by atoms with E-state index in [9.17, 15) is 4.39 Å². The standard InChI is InChI=1S/C3HFNO/c4-3-1-5-2-6-3/h2H. The van der Waals surface area contributed by atoms with Gasteiger partial charge in [-0.1, -0.05) is 0 Å². The molecule has 0 aliphatic rings. The Labute approximate surface area is 33.6 Å². The van der Waals surface area contributed by atoms with E-state index in [1.54, 1.807) is 0 Å². The smallest absolute Gasteiger partial charge is 0.307 e. The van der Waals surface area contributed by atoms with E-state index in [1.165, 1.54) is 0 Å². The zero-order valence-corrected chi connectivity index (χ0v) is 2.81. The first-order chi connectivity index (χ1) is 2.89. The van der Waals surface area contributed by atoms with Crippen LogP contribution in [-0.2, 0) is 0 Å². The zero-order chi connectivity index (χ0) is 4.41. The van der Waals surface area contributed by atoms with Crippen molar-refractivity contribution >= 4 is 0 Å². The lowest BCUT2D eigenvalue weighted by Gasteiger charge is -1.60. The Morgan fingerprint density at radius 1 is 2.00 bits per heavy atom. The van der Waals surface area contributed by atoms with Crippen LogP contribution in [0.3, 0.4) is 0 Å². The van der Waals surface area contributed by atoms with Crippen molar-refractivity contribution in [1.29, 1.82) is 0 Å². The Balaban J connectivity index is 3.05. The molecule has 3 heteroatoms. The minimum atomic E-state index is -0.769. The highest BCUT2D eigenvalue weighted by Crippen LogP contribution is 1.87. The van der Waals surface area contributed by atoms with Crippen LogP contribution >= 0.6 is 0 Å². The normalized spacial score (nSPS) is 8.83. The molecule has 0 aromatic carbocycles. The molecule has 1 radical (unpaired) electrons. The van der Waals surface area contributed by atoms with E-state index >= 15 is 0 Å². The Bertz CT molecular complexity index is 114. The maximum Gasteiger partial charge on any atom is 0.307 e. The molecular formula is C3HFNO. The topological polar surface area (TPSA) is 26.0 Å². The monoisotopic (exact) mass is 86.0 g/mol. The fourth-order valence-corrected chi connectivity index (χ4v) is 0.176. The third-order valence-corrected chi connectivity index (χ3v) is 0.361. The quantitative estimate of drug-likeness (QED) is 0.462. The maximum atomic E-state index is 11.4. The molecule has 0 bridgehead atoms. The van der Waals surface area contributed by atoms with Crippen molar-refractivity contribution in [2.75, 3.05) is 0 Å². The molecule has 0 aliphatic heterocycles. The second-order valence-electron chi connectivity index (χ2n) is 0.738. The van der Waals surface area contributed by atoms with Gasteiger partial charge in [-0.3, -0.25) is 0 Å². The predicted octanol–water partition coefficient (Wildman–Crippen LogP) is 0.614. The highest BCUT2D eigenvalue weighted by Gasteiger charge is 1.85. The van der Waals surface area contributed by atoms with Crippen LogP contribution in [0.1, 0.15) is 0 Å². The summed E-state index contributed by atoms with van der Waals surface area (Å²) >= 11 is 0. The number of oxazole rings is 1. The molecule has 0 saturated carbocycles. The number of hydrogen-bond acceptors (Lipinski definition) is 2. The Kier molecular flexibility index (Phi) is 0.602. The number of aromatic nitrogens is 1. The molecule has 0 saturated heterocycles. The fraction of sp³-hybridized carbons (Fsp3) is 0. The summed E-state index contributed by atoms with van der Waals surface area (Å²) in [6.07, 6.45) is 2.90. The summed E-state index contributed by atoms with van der Waals surface area (Å²) < 4.78 is 15.4. The second kappa shape index (κ2) is 1.08. The van der Waals surface area contributed by atoms with Gasteiger partial charge in [0, 0.05) is 0 Å².